The maximum absolute atomic E-state index is 11.4. The average Bonchev–Trinajstić information content (AvgIpc) is 2.94. The Kier molecular flexibility index (Phi) is 4.45. The number of carbonyl (C=O) groups excluding carboxylic acids is 1. The molecule has 2 aliphatic rings. The van der Waals surface area contributed by atoms with E-state index in [1.165, 1.54) is 5.69 Å². The Morgan fingerprint density at radius 3 is 2.48 bits per heavy atom. The Balaban J connectivity index is 1.46. The van der Waals surface area contributed by atoms with Gasteiger partial charge in [-0.1, -0.05) is 0 Å². The van der Waals surface area contributed by atoms with E-state index < -0.39 is 0 Å². The molecular formula is C15H22N4O2. The lowest BCUT2D eigenvalue weighted by molar-refractivity contribution is 0.202. The van der Waals surface area contributed by atoms with E-state index in [1.54, 1.807) is 4.90 Å². The molecular weight excluding hydrogens is 268 g/mol. The van der Waals surface area contributed by atoms with Crippen LogP contribution in [0.2, 0.25) is 0 Å². The van der Waals surface area contributed by atoms with Gasteiger partial charge in [0, 0.05) is 45.0 Å². The highest BCUT2D eigenvalue weighted by molar-refractivity contribution is 5.76. The zero-order valence-corrected chi connectivity index (χ0v) is 12.2. The van der Waals surface area contributed by atoms with E-state index in [0.717, 1.165) is 45.0 Å². The molecule has 0 spiro atoms. The van der Waals surface area contributed by atoms with Crippen molar-refractivity contribution in [3.8, 4) is 5.75 Å². The molecule has 21 heavy (non-hydrogen) atoms. The van der Waals surface area contributed by atoms with Crippen molar-refractivity contribution in [1.29, 1.82) is 0 Å². The fourth-order valence-electron chi connectivity index (χ4n) is 2.67. The molecule has 0 radical (unpaired) electrons. The first-order valence-corrected chi connectivity index (χ1v) is 7.54. The van der Waals surface area contributed by atoms with Gasteiger partial charge in [0.15, 0.2) is 0 Å². The second-order valence-electron chi connectivity index (χ2n) is 5.30. The summed E-state index contributed by atoms with van der Waals surface area (Å²) < 4.78 is 5.71. The third-order valence-corrected chi connectivity index (χ3v) is 3.89. The van der Waals surface area contributed by atoms with E-state index in [0.29, 0.717) is 13.2 Å². The van der Waals surface area contributed by atoms with Gasteiger partial charge in [-0.2, -0.15) is 0 Å². The van der Waals surface area contributed by atoms with Crippen LogP contribution in [0.15, 0.2) is 24.3 Å². The van der Waals surface area contributed by atoms with E-state index >= 15 is 0 Å². The van der Waals surface area contributed by atoms with Crippen LogP contribution < -0.4 is 20.3 Å². The molecule has 2 saturated heterocycles. The second-order valence-corrected chi connectivity index (χ2v) is 5.30. The summed E-state index contributed by atoms with van der Waals surface area (Å²) in [6.07, 6.45) is 0. The van der Waals surface area contributed by atoms with Crippen molar-refractivity contribution in [1.82, 2.24) is 15.5 Å². The smallest absolute Gasteiger partial charge is 0.317 e. The summed E-state index contributed by atoms with van der Waals surface area (Å²) in [4.78, 5) is 15.5. The molecule has 1 aromatic rings. The number of hydrogen-bond acceptors (Lipinski definition) is 4. The van der Waals surface area contributed by atoms with Crippen LogP contribution >= 0.6 is 0 Å². The Hall–Kier alpha value is -1.95. The molecule has 0 atom stereocenters. The topological polar surface area (TPSA) is 56.8 Å². The minimum absolute atomic E-state index is 0.00709. The highest BCUT2D eigenvalue weighted by Gasteiger charge is 2.18. The van der Waals surface area contributed by atoms with E-state index in [4.69, 9.17) is 4.74 Å². The van der Waals surface area contributed by atoms with Gasteiger partial charge in [0.05, 0.1) is 6.54 Å². The molecule has 114 valence electrons. The minimum atomic E-state index is 0.00709. The Labute approximate surface area is 125 Å². The summed E-state index contributed by atoms with van der Waals surface area (Å²) in [5, 5.41) is 6.13. The van der Waals surface area contributed by atoms with Crippen molar-refractivity contribution >= 4 is 11.7 Å². The monoisotopic (exact) mass is 290 g/mol. The highest BCUT2D eigenvalue weighted by Crippen LogP contribution is 2.19. The fraction of sp³-hybridized carbons (Fsp3) is 0.533. The van der Waals surface area contributed by atoms with Gasteiger partial charge in [0.1, 0.15) is 12.4 Å². The largest absolute Gasteiger partial charge is 0.492 e. The van der Waals surface area contributed by atoms with Crippen molar-refractivity contribution in [2.24, 2.45) is 0 Å². The quantitative estimate of drug-likeness (QED) is 0.829. The van der Waals surface area contributed by atoms with Crippen LogP contribution in [-0.4, -0.2) is 63.4 Å². The number of urea groups is 1. The predicted molar refractivity (Wildman–Crippen MR) is 82.0 cm³/mol. The number of anilines is 1. The van der Waals surface area contributed by atoms with Gasteiger partial charge in [-0.05, 0) is 24.3 Å². The van der Waals surface area contributed by atoms with Crippen molar-refractivity contribution in [3.63, 3.8) is 0 Å². The Bertz CT molecular complexity index is 471. The van der Waals surface area contributed by atoms with Crippen LogP contribution in [0, 0.1) is 0 Å². The number of piperazine rings is 1. The summed E-state index contributed by atoms with van der Waals surface area (Å²) in [6, 6.07) is 8.21. The molecule has 6 heteroatoms. The number of ether oxygens (including phenoxy) is 1. The maximum atomic E-state index is 11.4. The van der Waals surface area contributed by atoms with Crippen molar-refractivity contribution in [2.75, 3.05) is 57.3 Å². The second kappa shape index (κ2) is 6.67. The first-order chi connectivity index (χ1) is 10.3. The van der Waals surface area contributed by atoms with Gasteiger partial charge in [0.2, 0.25) is 0 Å². The molecule has 3 rings (SSSR count). The number of carbonyl (C=O) groups is 1. The summed E-state index contributed by atoms with van der Waals surface area (Å²) in [5.74, 6) is 0.855. The van der Waals surface area contributed by atoms with Crippen molar-refractivity contribution in [3.05, 3.63) is 24.3 Å². The molecule has 0 unspecified atom stereocenters. The molecule has 1 aromatic carbocycles. The lowest BCUT2D eigenvalue weighted by Crippen LogP contribution is -2.43. The van der Waals surface area contributed by atoms with Crippen LogP contribution in [0.1, 0.15) is 0 Å². The van der Waals surface area contributed by atoms with Crippen LogP contribution in [0.4, 0.5) is 10.5 Å². The zero-order valence-electron chi connectivity index (χ0n) is 12.2. The third kappa shape index (κ3) is 3.58. The first kappa shape index (κ1) is 14.0. The van der Waals surface area contributed by atoms with Gasteiger partial charge in [-0.25, -0.2) is 4.79 Å². The number of benzene rings is 1. The van der Waals surface area contributed by atoms with E-state index in [2.05, 4.69) is 27.7 Å². The maximum Gasteiger partial charge on any atom is 0.317 e. The van der Waals surface area contributed by atoms with Gasteiger partial charge in [-0.15, -0.1) is 0 Å². The van der Waals surface area contributed by atoms with E-state index in [-0.39, 0.29) is 6.03 Å². The first-order valence-electron chi connectivity index (χ1n) is 7.54. The van der Waals surface area contributed by atoms with Gasteiger partial charge in [0.25, 0.3) is 0 Å². The van der Waals surface area contributed by atoms with Crippen molar-refractivity contribution < 1.29 is 9.53 Å². The van der Waals surface area contributed by atoms with Crippen LogP contribution in [0.25, 0.3) is 0 Å². The molecule has 6 nitrogen and oxygen atoms in total. The third-order valence-electron chi connectivity index (χ3n) is 3.89. The van der Waals surface area contributed by atoms with Gasteiger partial charge >= 0.3 is 6.03 Å². The number of hydrogen-bond donors (Lipinski definition) is 2. The number of rotatable bonds is 5. The molecule has 2 fully saturated rings. The molecule has 0 bridgehead atoms. The molecule has 2 aliphatic heterocycles. The lowest BCUT2D eigenvalue weighted by Gasteiger charge is -2.29. The summed E-state index contributed by atoms with van der Waals surface area (Å²) >= 11 is 0. The minimum Gasteiger partial charge on any atom is -0.492 e. The Morgan fingerprint density at radius 2 is 1.81 bits per heavy atom. The summed E-state index contributed by atoms with van der Waals surface area (Å²) in [6.45, 7) is 6.83. The lowest BCUT2D eigenvalue weighted by atomic mass is 10.2. The average molecular weight is 290 g/mol. The highest BCUT2D eigenvalue weighted by atomic mass is 16.5. The number of nitrogens with zero attached hydrogens (tertiary/aromatic N) is 2. The molecule has 0 aliphatic carbocycles. The molecule has 2 amide bonds. The molecule has 0 saturated carbocycles. The Morgan fingerprint density at radius 1 is 1.05 bits per heavy atom. The van der Waals surface area contributed by atoms with Gasteiger partial charge in [-0.3, -0.25) is 0 Å². The van der Waals surface area contributed by atoms with Crippen LogP contribution in [0.3, 0.4) is 0 Å². The van der Waals surface area contributed by atoms with E-state index in [1.807, 2.05) is 12.1 Å². The number of amides is 2. The standard InChI is InChI=1S/C15H22N4O2/c20-15-17-7-10-19(15)11-12-21-14-3-1-13(2-4-14)18-8-5-16-6-9-18/h1-4,16H,5-12H2,(H,17,20). The fourth-order valence-corrected chi connectivity index (χ4v) is 2.67. The summed E-state index contributed by atoms with van der Waals surface area (Å²) in [5.41, 5.74) is 1.24. The van der Waals surface area contributed by atoms with Crippen molar-refractivity contribution in [2.45, 2.75) is 0 Å². The SMILES string of the molecule is O=C1NCCN1CCOc1ccc(N2CCNCC2)cc1. The zero-order chi connectivity index (χ0) is 14.5. The molecule has 0 aromatic heterocycles. The molecule has 2 N–H and O–H groups in total. The normalized spacial score (nSPS) is 18.8. The summed E-state index contributed by atoms with van der Waals surface area (Å²) in [7, 11) is 0. The number of nitrogens with one attached hydrogen (secondary N) is 2. The molecule has 2 heterocycles. The van der Waals surface area contributed by atoms with Crippen LogP contribution in [-0.2, 0) is 0 Å². The van der Waals surface area contributed by atoms with E-state index in [9.17, 15) is 4.79 Å². The van der Waals surface area contributed by atoms with Crippen LogP contribution in [0.5, 0.6) is 5.75 Å². The predicted octanol–water partition coefficient (Wildman–Crippen LogP) is 0.500. The van der Waals surface area contributed by atoms with Gasteiger partial charge < -0.3 is 25.2 Å².